The SMILES string of the molecule is CC(NC(=O)Nc1ccc(F)cc1F)c1cn[nH]c1. The number of carbonyl (C=O) groups excluding carboxylic acids is 1. The highest BCUT2D eigenvalue weighted by Gasteiger charge is 2.12. The molecule has 1 unspecified atom stereocenters. The van der Waals surface area contributed by atoms with Crippen LogP contribution in [0.15, 0.2) is 30.6 Å². The topological polar surface area (TPSA) is 69.8 Å². The van der Waals surface area contributed by atoms with Crippen molar-refractivity contribution in [3.63, 3.8) is 0 Å². The summed E-state index contributed by atoms with van der Waals surface area (Å²) in [5, 5.41) is 11.3. The smallest absolute Gasteiger partial charge is 0.319 e. The van der Waals surface area contributed by atoms with Gasteiger partial charge in [0, 0.05) is 17.8 Å². The van der Waals surface area contributed by atoms with Crippen molar-refractivity contribution in [1.29, 1.82) is 0 Å². The van der Waals surface area contributed by atoms with Gasteiger partial charge in [-0.05, 0) is 19.1 Å². The van der Waals surface area contributed by atoms with Crippen molar-refractivity contribution < 1.29 is 13.6 Å². The molecular weight excluding hydrogens is 254 g/mol. The van der Waals surface area contributed by atoms with Crippen LogP contribution in [0.3, 0.4) is 0 Å². The van der Waals surface area contributed by atoms with E-state index in [0.29, 0.717) is 6.07 Å². The van der Waals surface area contributed by atoms with E-state index in [9.17, 15) is 13.6 Å². The molecule has 2 rings (SSSR count). The lowest BCUT2D eigenvalue weighted by atomic mass is 10.2. The molecule has 0 radical (unpaired) electrons. The zero-order valence-corrected chi connectivity index (χ0v) is 10.1. The van der Waals surface area contributed by atoms with Crippen molar-refractivity contribution in [3.05, 3.63) is 47.8 Å². The van der Waals surface area contributed by atoms with Crippen LogP contribution in [-0.2, 0) is 0 Å². The number of anilines is 1. The Labute approximate surface area is 108 Å². The second-order valence-corrected chi connectivity index (χ2v) is 3.98. The number of urea groups is 1. The zero-order chi connectivity index (χ0) is 13.8. The third-order valence-corrected chi connectivity index (χ3v) is 2.55. The summed E-state index contributed by atoms with van der Waals surface area (Å²) in [5.74, 6) is -1.53. The number of hydrogen-bond donors (Lipinski definition) is 3. The van der Waals surface area contributed by atoms with E-state index in [1.807, 2.05) is 0 Å². The van der Waals surface area contributed by atoms with Gasteiger partial charge < -0.3 is 10.6 Å². The Bertz CT molecular complexity index is 571. The van der Waals surface area contributed by atoms with Crippen LogP contribution in [-0.4, -0.2) is 16.2 Å². The van der Waals surface area contributed by atoms with Crippen LogP contribution in [0.2, 0.25) is 0 Å². The summed E-state index contributed by atoms with van der Waals surface area (Å²) >= 11 is 0. The van der Waals surface area contributed by atoms with Gasteiger partial charge in [0.2, 0.25) is 0 Å². The number of benzene rings is 1. The summed E-state index contributed by atoms with van der Waals surface area (Å²) in [6, 6.07) is 2.06. The first kappa shape index (κ1) is 13.0. The maximum Gasteiger partial charge on any atom is 0.319 e. The van der Waals surface area contributed by atoms with Crippen molar-refractivity contribution in [2.45, 2.75) is 13.0 Å². The van der Waals surface area contributed by atoms with E-state index in [1.54, 1.807) is 19.3 Å². The number of halogens is 2. The van der Waals surface area contributed by atoms with Gasteiger partial charge >= 0.3 is 6.03 Å². The van der Waals surface area contributed by atoms with Crippen LogP contribution in [0.25, 0.3) is 0 Å². The molecule has 7 heteroatoms. The molecular formula is C12H12F2N4O. The number of amides is 2. The van der Waals surface area contributed by atoms with Crippen LogP contribution < -0.4 is 10.6 Å². The third kappa shape index (κ3) is 3.27. The number of H-pyrrole nitrogens is 1. The predicted octanol–water partition coefficient (Wildman–Crippen LogP) is 2.57. The Morgan fingerprint density at radius 2 is 2.21 bits per heavy atom. The number of hydrogen-bond acceptors (Lipinski definition) is 2. The lowest BCUT2D eigenvalue weighted by Gasteiger charge is -2.13. The summed E-state index contributed by atoms with van der Waals surface area (Å²) in [4.78, 5) is 11.6. The average Bonchev–Trinajstić information content (AvgIpc) is 2.86. The quantitative estimate of drug-likeness (QED) is 0.799. The summed E-state index contributed by atoms with van der Waals surface area (Å²) < 4.78 is 26.0. The van der Waals surface area contributed by atoms with Gasteiger partial charge in [-0.2, -0.15) is 5.10 Å². The largest absolute Gasteiger partial charge is 0.331 e. The standard InChI is InChI=1S/C12H12F2N4O/c1-7(8-5-15-16-6-8)17-12(19)18-11-3-2-9(13)4-10(11)14/h2-7H,1H3,(H,15,16)(H2,17,18,19). The minimum absolute atomic E-state index is 0.0849. The highest BCUT2D eigenvalue weighted by atomic mass is 19.1. The Hall–Kier alpha value is -2.44. The molecule has 0 aliphatic rings. The van der Waals surface area contributed by atoms with Crippen molar-refractivity contribution in [2.24, 2.45) is 0 Å². The van der Waals surface area contributed by atoms with E-state index in [-0.39, 0.29) is 11.7 Å². The zero-order valence-electron chi connectivity index (χ0n) is 10.1. The van der Waals surface area contributed by atoms with Crippen LogP contribution in [0.1, 0.15) is 18.5 Å². The Kier molecular flexibility index (Phi) is 3.74. The molecule has 1 aromatic carbocycles. The van der Waals surface area contributed by atoms with E-state index in [1.165, 1.54) is 0 Å². The first-order chi connectivity index (χ1) is 9.06. The van der Waals surface area contributed by atoms with Gasteiger partial charge in [0.25, 0.3) is 0 Å². The molecule has 0 spiro atoms. The van der Waals surface area contributed by atoms with Gasteiger partial charge in [0.05, 0.1) is 17.9 Å². The molecule has 1 heterocycles. The molecule has 2 amide bonds. The second kappa shape index (κ2) is 5.47. The molecule has 0 fully saturated rings. The fourth-order valence-electron chi connectivity index (χ4n) is 1.53. The molecule has 100 valence electrons. The number of rotatable bonds is 3. The van der Waals surface area contributed by atoms with Crippen molar-refractivity contribution in [2.75, 3.05) is 5.32 Å². The van der Waals surface area contributed by atoms with E-state index in [0.717, 1.165) is 17.7 Å². The normalized spacial score (nSPS) is 11.9. The molecule has 1 aromatic heterocycles. The number of nitrogens with one attached hydrogen (secondary N) is 3. The second-order valence-electron chi connectivity index (χ2n) is 3.98. The van der Waals surface area contributed by atoms with Crippen molar-refractivity contribution in [3.8, 4) is 0 Å². The minimum Gasteiger partial charge on any atom is -0.331 e. The first-order valence-electron chi connectivity index (χ1n) is 5.57. The Morgan fingerprint density at radius 3 is 2.84 bits per heavy atom. The highest BCUT2D eigenvalue weighted by Crippen LogP contribution is 2.15. The number of carbonyl (C=O) groups is 1. The van der Waals surface area contributed by atoms with Gasteiger partial charge in [-0.1, -0.05) is 0 Å². The van der Waals surface area contributed by atoms with Gasteiger partial charge in [0.15, 0.2) is 0 Å². The molecule has 0 bridgehead atoms. The van der Waals surface area contributed by atoms with Crippen molar-refractivity contribution >= 4 is 11.7 Å². The van der Waals surface area contributed by atoms with Crippen LogP contribution in [0.4, 0.5) is 19.3 Å². The number of nitrogens with zero attached hydrogens (tertiary/aromatic N) is 1. The van der Waals surface area contributed by atoms with E-state index < -0.39 is 17.7 Å². The van der Waals surface area contributed by atoms with E-state index in [2.05, 4.69) is 20.8 Å². The number of aromatic nitrogens is 2. The molecule has 0 saturated carbocycles. The summed E-state index contributed by atoms with van der Waals surface area (Å²) in [5.41, 5.74) is 0.702. The van der Waals surface area contributed by atoms with Crippen LogP contribution in [0.5, 0.6) is 0 Å². The van der Waals surface area contributed by atoms with Gasteiger partial charge in [0.1, 0.15) is 11.6 Å². The molecule has 19 heavy (non-hydrogen) atoms. The minimum atomic E-state index is -0.828. The maximum absolute atomic E-state index is 13.3. The fourth-order valence-corrected chi connectivity index (χ4v) is 1.53. The molecule has 1 atom stereocenters. The lowest BCUT2D eigenvalue weighted by molar-refractivity contribution is 0.249. The predicted molar refractivity (Wildman–Crippen MR) is 65.5 cm³/mol. The molecule has 0 aliphatic carbocycles. The highest BCUT2D eigenvalue weighted by molar-refractivity contribution is 5.89. The maximum atomic E-state index is 13.3. The molecule has 3 N–H and O–H groups in total. The molecule has 2 aromatic rings. The third-order valence-electron chi connectivity index (χ3n) is 2.55. The summed E-state index contributed by atoms with van der Waals surface area (Å²) in [6.45, 7) is 1.76. The monoisotopic (exact) mass is 266 g/mol. The average molecular weight is 266 g/mol. The van der Waals surface area contributed by atoms with E-state index >= 15 is 0 Å². The van der Waals surface area contributed by atoms with Crippen molar-refractivity contribution in [1.82, 2.24) is 15.5 Å². The van der Waals surface area contributed by atoms with Crippen LogP contribution >= 0.6 is 0 Å². The fraction of sp³-hybridized carbons (Fsp3) is 0.167. The van der Waals surface area contributed by atoms with Gasteiger partial charge in [-0.25, -0.2) is 13.6 Å². The van der Waals surface area contributed by atoms with E-state index in [4.69, 9.17) is 0 Å². The summed E-state index contributed by atoms with van der Waals surface area (Å²) in [6.07, 6.45) is 3.22. The molecule has 0 aliphatic heterocycles. The Balaban J connectivity index is 1.98. The van der Waals surface area contributed by atoms with Gasteiger partial charge in [-0.15, -0.1) is 0 Å². The Morgan fingerprint density at radius 1 is 1.42 bits per heavy atom. The van der Waals surface area contributed by atoms with Crippen LogP contribution in [0, 0.1) is 11.6 Å². The molecule has 0 saturated heterocycles. The first-order valence-corrected chi connectivity index (χ1v) is 5.57. The summed E-state index contributed by atoms with van der Waals surface area (Å²) in [7, 11) is 0. The molecule has 5 nitrogen and oxygen atoms in total. The number of aromatic amines is 1. The lowest BCUT2D eigenvalue weighted by Crippen LogP contribution is -2.31. The van der Waals surface area contributed by atoms with Gasteiger partial charge in [-0.3, -0.25) is 5.10 Å².